The van der Waals surface area contributed by atoms with E-state index in [0.717, 1.165) is 31.2 Å². The zero-order valence-corrected chi connectivity index (χ0v) is 12.7. The minimum Gasteiger partial charge on any atom is -0.323 e. The van der Waals surface area contributed by atoms with E-state index in [0.29, 0.717) is 12.2 Å². The van der Waals surface area contributed by atoms with Crippen molar-refractivity contribution in [3.05, 3.63) is 34.9 Å². The molecule has 0 saturated carbocycles. The molecule has 0 bridgehead atoms. The van der Waals surface area contributed by atoms with Crippen molar-refractivity contribution in [1.29, 1.82) is 0 Å². The molecule has 1 aromatic rings. The van der Waals surface area contributed by atoms with Crippen LogP contribution in [-0.4, -0.2) is 19.4 Å². The maximum atomic E-state index is 12.2. The van der Waals surface area contributed by atoms with Crippen molar-refractivity contribution in [2.24, 2.45) is 5.73 Å². The summed E-state index contributed by atoms with van der Waals surface area (Å²) in [6, 6.07) is 5.98. The zero-order valence-electron chi connectivity index (χ0n) is 11.8. The molecule has 2 aliphatic rings. The summed E-state index contributed by atoms with van der Waals surface area (Å²) < 4.78 is 24.4. The smallest absolute Gasteiger partial charge is 0.155 e. The molecular weight excluding hydrogens is 270 g/mol. The molecular formula is C16H23NO2S. The summed E-state index contributed by atoms with van der Waals surface area (Å²) >= 11 is 0. The van der Waals surface area contributed by atoms with E-state index < -0.39 is 15.1 Å². The third-order valence-corrected chi connectivity index (χ3v) is 7.10. The van der Waals surface area contributed by atoms with Crippen molar-refractivity contribution < 1.29 is 8.42 Å². The summed E-state index contributed by atoms with van der Waals surface area (Å²) in [4.78, 5) is 0. The van der Waals surface area contributed by atoms with Crippen molar-refractivity contribution in [3.63, 3.8) is 0 Å². The third kappa shape index (κ3) is 2.63. The van der Waals surface area contributed by atoms with Gasteiger partial charge in [-0.25, -0.2) is 8.42 Å². The van der Waals surface area contributed by atoms with Gasteiger partial charge in [0, 0.05) is 6.04 Å². The standard InChI is InChI=1S/C16H23NO2S/c17-16(15-7-3-4-10-20(15,18)19)14-9-8-12-5-1-2-6-13(12)11-14/h8-9,11,15-16H,1-7,10,17H2. The highest BCUT2D eigenvalue weighted by Crippen LogP contribution is 2.31. The second kappa shape index (κ2) is 5.49. The van der Waals surface area contributed by atoms with Gasteiger partial charge in [-0.1, -0.05) is 24.6 Å². The normalized spacial score (nSPS) is 26.8. The summed E-state index contributed by atoms with van der Waals surface area (Å²) in [5, 5.41) is -0.391. The van der Waals surface area contributed by atoms with Crippen LogP contribution in [0.2, 0.25) is 0 Å². The Hall–Kier alpha value is -0.870. The van der Waals surface area contributed by atoms with E-state index in [1.807, 2.05) is 6.07 Å². The first kappa shape index (κ1) is 14.1. The molecule has 2 N–H and O–H groups in total. The number of nitrogens with two attached hydrogens (primary N) is 1. The fourth-order valence-corrected chi connectivity index (χ4v) is 5.60. The average Bonchev–Trinajstić information content (AvgIpc) is 2.45. The van der Waals surface area contributed by atoms with Gasteiger partial charge >= 0.3 is 0 Å². The van der Waals surface area contributed by atoms with Crippen LogP contribution >= 0.6 is 0 Å². The molecule has 110 valence electrons. The fraction of sp³-hybridized carbons (Fsp3) is 0.625. The molecule has 2 unspecified atom stereocenters. The molecule has 3 rings (SSSR count). The van der Waals surface area contributed by atoms with Crippen LogP contribution in [0.4, 0.5) is 0 Å². The van der Waals surface area contributed by atoms with Crippen LogP contribution in [0.25, 0.3) is 0 Å². The van der Waals surface area contributed by atoms with Crippen molar-refractivity contribution in [1.82, 2.24) is 0 Å². The van der Waals surface area contributed by atoms with E-state index in [9.17, 15) is 8.42 Å². The SMILES string of the molecule is NC(c1ccc2c(c1)CCCC2)C1CCCCS1(=O)=O. The molecule has 0 amide bonds. The molecule has 0 radical (unpaired) electrons. The van der Waals surface area contributed by atoms with Gasteiger partial charge in [0.1, 0.15) is 0 Å². The molecule has 3 nitrogen and oxygen atoms in total. The van der Waals surface area contributed by atoms with Crippen LogP contribution in [0.15, 0.2) is 18.2 Å². The van der Waals surface area contributed by atoms with Crippen LogP contribution in [0.5, 0.6) is 0 Å². The van der Waals surface area contributed by atoms with E-state index in [4.69, 9.17) is 5.73 Å². The molecule has 4 heteroatoms. The maximum absolute atomic E-state index is 12.2. The molecule has 1 aliphatic carbocycles. The van der Waals surface area contributed by atoms with Gasteiger partial charge in [0.25, 0.3) is 0 Å². The van der Waals surface area contributed by atoms with Crippen LogP contribution in [0.3, 0.4) is 0 Å². The second-order valence-corrected chi connectivity index (χ2v) is 8.50. The quantitative estimate of drug-likeness (QED) is 0.911. The van der Waals surface area contributed by atoms with Crippen LogP contribution in [-0.2, 0) is 22.7 Å². The fourth-order valence-electron chi connectivity index (χ4n) is 3.56. The topological polar surface area (TPSA) is 60.2 Å². The lowest BCUT2D eigenvalue weighted by molar-refractivity contribution is 0.504. The Morgan fingerprint density at radius 3 is 2.55 bits per heavy atom. The lowest BCUT2D eigenvalue weighted by atomic mass is 9.88. The van der Waals surface area contributed by atoms with Crippen molar-refractivity contribution in [3.8, 4) is 0 Å². The zero-order chi connectivity index (χ0) is 14.2. The van der Waals surface area contributed by atoms with Crippen molar-refractivity contribution in [2.75, 3.05) is 5.75 Å². The van der Waals surface area contributed by atoms with Gasteiger partial charge in [-0.2, -0.15) is 0 Å². The summed E-state index contributed by atoms with van der Waals surface area (Å²) in [5.74, 6) is 0.302. The maximum Gasteiger partial charge on any atom is 0.155 e. The number of fused-ring (bicyclic) bond motifs is 1. The van der Waals surface area contributed by atoms with Gasteiger partial charge in [0.2, 0.25) is 0 Å². The van der Waals surface area contributed by atoms with Crippen molar-refractivity contribution in [2.45, 2.75) is 56.2 Å². The Morgan fingerprint density at radius 2 is 1.80 bits per heavy atom. The molecule has 0 spiro atoms. The number of hydrogen-bond donors (Lipinski definition) is 1. The van der Waals surface area contributed by atoms with E-state index in [1.54, 1.807) is 0 Å². The lowest BCUT2D eigenvalue weighted by Gasteiger charge is -2.28. The highest BCUT2D eigenvalue weighted by atomic mass is 32.2. The first-order chi connectivity index (χ1) is 9.58. The molecule has 20 heavy (non-hydrogen) atoms. The van der Waals surface area contributed by atoms with Gasteiger partial charge in [0.05, 0.1) is 11.0 Å². The van der Waals surface area contributed by atoms with Gasteiger partial charge in [0.15, 0.2) is 9.84 Å². The van der Waals surface area contributed by atoms with Crippen LogP contribution < -0.4 is 5.73 Å². The first-order valence-electron chi connectivity index (χ1n) is 7.67. The molecule has 1 aliphatic heterocycles. The number of sulfone groups is 1. The van der Waals surface area contributed by atoms with Gasteiger partial charge in [-0.3, -0.25) is 0 Å². The molecule has 1 heterocycles. The minimum atomic E-state index is -3.02. The third-order valence-electron chi connectivity index (χ3n) is 4.79. The van der Waals surface area contributed by atoms with E-state index in [1.165, 1.54) is 24.0 Å². The summed E-state index contributed by atoms with van der Waals surface area (Å²) in [5.41, 5.74) is 10.1. The molecule has 1 fully saturated rings. The van der Waals surface area contributed by atoms with Crippen LogP contribution in [0, 0.1) is 0 Å². The monoisotopic (exact) mass is 293 g/mol. The van der Waals surface area contributed by atoms with E-state index >= 15 is 0 Å². The van der Waals surface area contributed by atoms with E-state index in [2.05, 4.69) is 12.1 Å². The Labute approximate surface area is 121 Å². The Kier molecular flexibility index (Phi) is 3.87. The lowest BCUT2D eigenvalue weighted by Crippen LogP contribution is -2.37. The molecule has 1 saturated heterocycles. The van der Waals surface area contributed by atoms with Gasteiger partial charge < -0.3 is 5.73 Å². The van der Waals surface area contributed by atoms with Gasteiger partial charge in [-0.15, -0.1) is 0 Å². The molecule has 2 atom stereocenters. The predicted octanol–water partition coefficient (Wildman–Crippen LogP) is 2.53. The Balaban J connectivity index is 1.88. The summed E-state index contributed by atoms with van der Waals surface area (Å²) in [6.45, 7) is 0. The first-order valence-corrected chi connectivity index (χ1v) is 9.38. The highest BCUT2D eigenvalue weighted by Gasteiger charge is 2.34. The number of rotatable bonds is 2. The summed E-state index contributed by atoms with van der Waals surface area (Å²) in [7, 11) is -3.02. The van der Waals surface area contributed by atoms with Gasteiger partial charge in [-0.05, 0) is 55.2 Å². The molecule has 0 aromatic heterocycles. The second-order valence-electron chi connectivity index (χ2n) is 6.16. The van der Waals surface area contributed by atoms with E-state index in [-0.39, 0.29) is 6.04 Å². The number of hydrogen-bond acceptors (Lipinski definition) is 3. The number of benzene rings is 1. The number of aryl methyl sites for hydroxylation is 2. The Bertz CT molecular complexity index is 594. The summed E-state index contributed by atoms with van der Waals surface area (Å²) in [6.07, 6.45) is 7.21. The highest BCUT2D eigenvalue weighted by molar-refractivity contribution is 7.92. The average molecular weight is 293 g/mol. The van der Waals surface area contributed by atoms with Crippen molar-refractivity contribution >= 4 is 9.84 Å². The minimum absolute atomic E-state index is 0.302. The van der Waals surface area contributed by atoms with Crippen LogP contribution in [0.1, 0.15) is 54.8 Å². The largest absolute Gasteiger partial charge is 0.323 e. The predicted molar refractivity (Wildman–Crippen MR) is 81.4 cm³/mol. The molecule has 1 aromatic carbocycles. The Morgan fingerprint density at radius 1 is 1.05 bits per heavy atom.